The molecular weight excluding hydrogens is 244 g/mol. The number of rotatable bonds is 0. The molecular formula is C15H20O4. The Labute approximate surface area is 113 Å². The van der Waals surface area contributed by atoms with Crippen molar-refractivity contribution < 1.29 is 18.9 Å². The molecule has 2 heterocycles. The summed E-state index contributed by atoms with van der Waals surface area (Å²) >= 11 is 0. The third kappa shape index (κ3) is 1.13. The van der Waals surface area contributed by atoms with Crippen LogP contribution in [0.1, 0.15) is 19.3 Å². The van der Waals surface area contributed by atoms with E-state index in [0.29, 0.717) is 23.7 Å². The summed E-state index contributed by atoms with van der Waals surface area (Å²) in [4.78, 5) is 0. The first-order valence-corrected chi connectivity index (χ1v) is 7.51. The fourth-order valence-electron chi connectivity index (χ4n) is 5.48. The number of hydrogen-bond acceptors (Lipinski definition) is 4. The van der Waals surface area contributed by atoms with Gasteiger partial charge in [-0.3, -0.25) is 0 Å². The van der Waals surface area contributed by atoms with E-state index in [1.54, 1.807) is 0 Å². The fourth-order valence-corrected chi connectivity index (χ4v) is 5.48. The maximum atomic E-state index is 6.07. The van der Waals surface area contributed by atoms with Gasteiger partial charge in [0.1, 0.15) is 0 Å². The van der Waals surface area contributed by atoms with E-state index in [1.165, 1.54) is 5.57 Å². The van der Waals surface area contributed by atoms with Crippen LogP contribution in [0.3, 0.4) is 0 Å². The number of hydrogen-bond donors (Lipinski definition) is 0. The van der Waals surface area contributed by atoms with Gasteiger partial charge >= 0.3 is 0 Å². The zero-order valence-corrected chi connectivity index (χ0v) is 11.1. The molecule has 0 aromatic carbocycles. The smallest absolute Gasteiger partial charge is 0.177 e. The second-order valence-electron chi connectivity index (χ2n) is 6.62. The highest BCUT2D eigenvalue weighted by molar-refractivity contribution is 5.28. The van der Waals surface area contributed by atoms with E-state index in [1.807, 2.05) is 0 Å². The predicted octanol–water partition coefficient (Wildman–Crippen LogP) is 1.70. The van der Waals surface area contributed by atoms with E-state index in [4.69, 9.17) is 18.9 Å². The van der Waals surface area contributed by atoms with Gasteiger partial charge in [-0.05, 0) is 19.3 Å². The van der Waals surface area contributed by atoms with Crippen molar-refractivity contribution in [2.45, 2.75) is 30.8 Å². The Kier molecular flexibility index (Phi) is 2.03. The molecule has 6 rings (SSSR count). The van der Waals surface area contributed by atoms with Crippen LogP contribution in [0, 0.1) is 23.7 Å². The van der Waals surface area contributed by atoms with Gasteiger partial charge in [0.15, 0.2) is 11.6 Å². The normalized spacial score (nSPS) is 48.7. The SMILES string of the molecule is C=C1C2CC3CC(CC1C31OCCO1)C21OCCO1. The predicted molar refractivity (Wildman–Crippen MR) is 66.2 cm³/mol. The van der Waals surface area contributed by atoms with E-state index in [9.17, 15) is 0 Å². The molecule has 104 valence electrons. The third-order valence-corrected chi connectivity index (χ3v) is 6.09. The third-order valence-electron chi connectivity index (χ3n) is 6.09. The van der Waals surface area contributed by atoms with E-state index in [0.717, 1.165) is 45.7 Å². The van der Waals surface area contributed by atoms with Crippen LogP contribution in [0.2, 0.25) is 0 Å². The second-order valence-corrected chi connectivity index (χ2v) is 6.62. The van der Waals surface area contributed by atoms with Gasteiger partial charge in [-0.15, -0.1) is 0 Å². The van der Waals surface area contributed by atoms with Crippen LogP contribution in [0.15, 0.2) is 12.2 Å². The first-order valence-electron chi connectivity index (χ1n) is 7.51. The molecule has 4 heteroatoms. The van der Waals surface area contributed by atoms with Gasteiger partial charge in [0, 0.05) is 23.7 Å². The lowest BCUT2D eigenvalue weighted by Gasteiger charge is -2.64. The minimum absolute atomic E-state index is 0.343. The lowest BCUT2D eigenvalue weighted by molar-refractivity contribution is -0.340. The molecule has 0 radical (unpaired) electrons. The van der Waals surface area contributed by atoms with Crippen LogP contribution in [0.4, 0.5) is 0 Å². The molecule has 2 saturated heterocycles. The molecule has 4 aliphatic carbocycles. The summed E-state index contributed by atoms with van der Waals surface area (Å²) in [6, 6.07) is 0. The summed E-state index contributed by atoms with van der Waals surface area (Å²) in [5.74, 6) is 0.960. The molecule has 6 fully saturated rings. The fraction of sp³-hybridized carbons (Fsp3) is 0.867. The molecule has 4 atom stereocenters. The molecule has 6 aliphatic rings. The Balaban J connectivity index is 1.58. The molecule has 2 spiro atoms. The highest BCUT2D eigenvalue weighted by Crippen LogP contribution is 2.67. The van der Waals surface area contributed by atoms with Crippen LogP contribution < -0.4 is 0 Å². The summed E-state index contributed by atoms with van der Waals surface area (Å²) < 4.78 is 24.3. The Morgan fingerprint density at radius 3 is 1.58 bits per heavy atom. The van der Waals surface area contributed by atoms with E-state index >= 15 is 0 Å². The van der Waals surface area contributed by atoms with Crippen LogP contribution in [0.5, 0.6) is 0 Å². The average Bonchev–Trinajstić information content (AvgIpc) is 3.05. The van der Waals surface area contributed by atoms with Gasteiger partial charge in [-0.25, -0.2) is 0 Å². The highest BCUT2D eigenvalue weighted by atomic mass is 16.7. The van der Waals surface area contributed by atoms with Crippen molar-refractivity contribution in [3.05, 3.63) is 12.2 Å². The van der Waals surface area contributed by atoms with Gasteiger partial charge in [0.2, 0.25) is 0 Å². The van der Waals surface area contributed by atoms with Crippen LogP contribution in [-0.2, 0) is 18.9 Å². The van der Waals surface area contributed by atoms with Gasteiger partial charge in [0.05, 0.1) is 26.4 Å². The Morgan fingerprint density at radius 1 is 0.737 bits per heavy atom. The topological polar surface area (TPSA) is 36.9 Å². The summed E-state index contributed by atoms with van der Waals surface area (Å²) in [7, 11) is 0. The Morgan fingerprint density at radius 2 is 1.16 bits per heavy atom. The zero-order valence-electron chi connectivity index (χ0n) is 11.1. The Hall–Kier alpha value is -0.420. The molecule has 4 bridgehead atoms. The summed E-state index contributed by atoms with van der Waals surface area (Å²) in [6.45, 7) is 7.29. The summed E-state index contributed by atoms with van der Waals surface area (Å²) in [5, 5.41) is 0. The largest absolute Gasteiger partial charge is 0.347 e. The van der Waals surface area contributed by atoms with E-state index in [-0.39, 0.29) is 11.6 Å². The molecule has 0 amide bonds. The molecule has 2 aliphatic heterocycles. The quantitative estimate of drug-likeness (QED) is 0.624. The lowest BCUT2D eigenvalue weighted by Crippen LogP contribution is -2.68. The first kappa shape index (κ1) is 11.3. The summed E-state index contributed by atoms with van der Waals surface area (Å²) in [6.07, 6.45) is 3.21. The number of ether oxygens (including phenoxy) is 4. The van der Waals surface area contributed by atoms with Crippen molar-refractivity contribution in [2.75, 3.05) is 26.4 Å². The highest BCUT2D eigenvalue weighted by Gasteiger charge is 2.71. The molecule has 4 saturated carbocycles. The van der Waals surface area contributed by atoms with Crippen LogP contribution >= 0.6 is 0 Å². The molecule has 19 heavy (non-hydrogen) atoms. The van der Waals surface area contributed by atoms with Crippen molar-refractivity contribution in [2.24, 2.45) is 23.7 Å². The van der Waals surface area contributed by atoms with Crippen LogP contribution in [-0.4, -0.2) is 38.0 Å². The molecule has 4 unspecified atom stereocenters. The maximum absolute atomic E-state index is 6.07. The molecule has 4 nitrogen and oxygen atoms in total. The minimum atomic E-state index is -0.357. The molecule has 0 aromatic rings. The van der Waals surface area contributed by atoms with Crippen molar-refractivity contribution in [1.29, 1.82) is 0 Å². The first-order chi connectivity index (χ1) is 9.26. The van der Waals surface area contributed by atoms with Crippen LogP contribution in [0.25, 0.3) is 0 Å². The standard InChI is InChI=1S/C15H20O4/c1-9-12-8-11-6-10(14(12)16-2-3-17-14)7-13(9)15(11)18-4-5-19-15/h10-13H,1-8H2. The van der Waals surface area contributed by atoms with E-state index < -0.39 is 0 Å². The van der Waals surface area contributed by atoms with E-state index in [2.05, 4.69) is 6.58 Å². The average molecular weight is 264 g/mol. The molecule has 0 aromatic heterocycles. The zero-order chi connectivity index (χ0) is 12.7. The Bertz CT molecular complexity index is 395. The van der Waals surface area contributed by atoms with Gasteiger partial charge in [0.25, 0.3) is 0 Å². The van der Waals surface area contributed by atoms with Gasteiger partial charge in [-0.1, -0.05) is 12.2 Å². The lowest BCUT2D eigenvalue weighted by atomic mass is 9.49. The van der Waals surface area contributed by atoms with Crippen molar-refractivity contribution in [3.8, 4) is 0 Å². The van der Waals surface area contributed by atoms with Gasteiger partial charge in [-0.2, -0.15) is 0 Å². The monoisotopic (exact) mass is 264 g/mol. The van der Waals surface area contributed by atoms with Crippen molar-refractivity contribution in [1.82, 2.24) is 0 Å². The maximum Gasteiger partial charge on any atom is 0.177 e. The molecule has 0 N–H and O–H groups in total. The van der Waals surface area contributed by atoms with Crippen molar-refractivity contribution >= 4 is 0 Å². The van der Waals surface area contributed by atoms with Gasteiger partial charge < -0.3 is 18.9 Å². The second kappa shape index (κ2) is 3.42. The minimum Gasteiger partial charge on any atom is -0.347 e. The summed E-state index contributed by atoms with van der Waals surface area (Å²) in [5.41, 5.74) is 1.25. The van der Waals surface area contributed by atoms with Crippen molar-refractivity contribution in [3.63, 3.8) is 0 Å².